The summed E-state index contributed by atoms with van der Waals surface area (Å²) in [6.45, 7) is 6.19. The Morgan fingerprint density at radius 1 is 1.23 bits per heavy atom. The number of esters is 1. The number of nitrogens with one attached hydrogen (secondary N) is 1. The van der Waals surface area contributed by atoms with Crippen molar-refractivity contribution in [2.24, 2.45) is 0 Å². The number of hydrogen-bond acceptors (Lipinski definition) is 5. The maximum atomic E-state index is 12.3. The standard InChI is InChI=1S/C18H25FINO5/c1-17(2,3)26-16(23)21-18(4,15(22)24-5)11-12-6-7-14(13(20)10-12)25-9-8-19/h6-7,10H,8-9,11H2,1-5H3,(H,21,23)/t18-/m0/s1. The Kier molecular flexibility index (Phi) is 8.11. The van der Waals surface area contributed by atoms with Crippen LogP contribution in [0.5, 0.6) is 5.75 Å². The van der Waals surface area contributed by atoms with Crippen LogP contribution in [0.1, 0.15) is 33.3 Å². The molecule has 0 aromatic heterocycles. The SMILES string of the molecule is COC(=O)[C@](C)(Cc1ccc(OCCF)c(I)c1)NC(=O)OC(C)(C)C. The van der Waals surface area contributed by atoms with Crippen LogP contribution in [0.2, 0.25) is 0 Å². The van der Waals surface area contributed by atoms with Crippen LogP contribution in [-0.4, -0.2) is 43.6 Å². The summed E-state index contributed by atoms with van der Waals surface area (Å²) in [6, 6.07) is 5.28. The second-order valence-electron chi connectivity index (χ2n) is 6.93. The number of methoxy groups -OCH3 is 1. The highest BCUT2D eigenvalue weighted by Crippen LogP contribution is 2.25. The summed E-state index contributed by atoms with van der Waals surface area (Å²) in [5.41, 5.74) is -1.21. The van der Waals surface area contributed by atoms with E-state index in [9.17, 15) is 14.0 Å². The Morgan fingerprint density at radius 2 is 1.88 bits per heavy atom. The number of carbonyl (C=O) groups is 2. The lowest BCUT2D eigenvalue weighted by Crippen LogP contribution is -2.55. The third-order valence-electron chi connectivity index (χ3n) is 3.30. The molecule has 6 nitrogen and oxygen atoms in total. The van der Waals surface area contributed by atoms with E-state index in [0.29, 0.717) is 5.75 Å². The number of carbonyl (C=O) groups excluding carboxylic acids is 2. The van der Waals surface area contributed by atoms with Crippen molar-refractivity contribution in [3.8, 4) is 5.75 Å². The second-order valence-corrected chi connectivity index (χ2v) is 8.09. The highest BCUT2D eigenvalue weighted by Gasteiger charge is 2.38. The van der Waals surface area contributed by atoms with Gasteiger partial charge in [0.05, 0.1) is 10.7 Å². The van der Waals surface area contributed by atoms with Gasteiger partial charge < -0.3 is 19.5 Å². The summed E-state index contributed by atoms with van der Waals surface area (Å²) in [4.78, 5) is 24.4. The van der Waals surface area contributed by atoms with E-state index in [-0.39, 0.29) is 13.0 Å². The van der Waals surface area contributed by atoms with Crippen molar-refractivity contribution in [1.29, 1.82) is 0 Å². The van der Waals surface area contributed by atoms with Crippen LogP contribution < -0.4 is 10.1 Å². The largest absolute Gasteiger partial charge is 0.490 e. The quantitative estimate of drug-likeness (QED) is 0.476. The van der Waals surface area contributed by atoms with Gasteiger partial charge in [-0.3, -0.25) is 0 Å². The number of amides is 1. The summed E-state index contributed by atoms with van der Waals surface area (Å²) in [5, 5.41) is 2.60. The predicted molar refractivity (Wildman–Crippen MR) is 104 cm³/mol. The minimum atomic E-state index is -1.30. The van der Waals surface area contributed by atoms with E-state index < -0.39 is 29.9 Å². The van der Waals surface area contributed by atoms with Crippen LogP contribution >= 0.6 is 22.6 Å². The smallest absolute Gasteiger partial charge is 0.408 e. The second kappa shape index (κ2) is 9.38. The van der Waals surface area contributed by atoms with Gasteiger partial charge in [-0.25, -0.2) is 14.0 Å². The monoisotopic (exact) mass is 481 g/mol. The zero-order valence-electron chi connectivity index (χ0n) is 15.7. The molecule has 1 N–H and O–H groups in total. The number of ether oxygens (including phenoxy) is 3. The molecule has 0 fully saturated rings. The molecule has 0 aliphatic rings. The Labute approximate surface area is 166 Å². The fraction of sp³-hybridized carbons (Fsp3) is 0.556. The molecular formula is C18H25FINO5. The summed E-state index contributed by atoms with van der Waals surface area (Å²) in [7, 11) is 1.26. The van der Waals surface area contributed by atoms with Crippen molar-refractivity contribution >= 4 is 34.7 Å². The number of rotatable bonds is 7. The van der Waals surface area contributed by atoms with Crippen LogP contribution in [0.15, 0.2) is 18.2 Å². The maximum absolute atomic E-state index is 12.3. The zero-order chi connectivity index (χ0) is 20.0. The highest BCUT2D eigenvalue weighted by atomic mass is 127. The fourth-order valence-corrected chi connectivity index (χ4v) is 2.99. The van der Waals surface area contributed by atoms with E-state index in [2.05, 4.69) is 27.9 Å². The molecule has 1 amide bonds. The molecule has 0 bridgehead atoms. The molecule has 0 saturated heterocycles. The number of alkyl halides is 1. The van der Waals surface area contributed by atoms with Gasteiger partial charge in [-0.05, 0) is 68.0 Å². The van der Waals surface area contributed by atoms with Gasteiger partial charge in [0.2, 0.25) is 0 Å². The average molecular weight is 481 g/mol. The number of benzene rings is 1. The summed E-state index contributed by atoms with van der Waals surface area (Å²) in [6.07, 6.45) is -0.513. The van der Waals surface area contributed by atoms with Gasteiger partial charge in [0.15, 0.2) is 0 Å². The van der Waals surface area contributed by atoms with Gasteiger partial charge in [0.25, 0.3) is 0 Å². The zero-order valence-corrected chi connectivity index (χ0v) is 17.8. The topological polar surface area (TPSA) is 73.9 Å². The molecular weight excluding hydrogens is 456 g/mol. The molecule has 146 valence electrons. The molecule has 1 aromatic carbocycles. The Bertz CT molecular complexity index is 647. The van der Waals surface area contributed by atoms with Crippen LogP contribution in [0.4, 0.5) is 9.18 Å². The first-order valence-corrected chi connectivity index (χ1v) is 9.15. The maximum Gasteiger partial charge on any atom is 0.408 e. The van der Waals surface area contributed by atoms with E-state index in [1.807, 2.05) is 6.07 Å². The molecule has 0 unspecified atom stereocenters. The Morgan fingerprint density at radius 3 is 2.38 bits per heavy atom. The van der Waals surface area contributed by atoms with Gasteiger partial charge in [-0.15, -0.1) is 0 Å². The lowest BCUT2D eigenvalue weighted by Gasteiger charge is -2.30. The highest BCUT2D eigenvalue weighted by molar-refractivity contribution is 14.1. The first-order chi connectivity index (χ1) is 12.0. The first-order valence-electron chi connectivity index (χ1n) is 8.07. The van der Waals surface area contributed by atoms with Crippen molar-refractivity contribution in [3.05, 3.63) is 27.3 Å². The van der Waals surface area contributed by atoms with Crippen molar-refractivity contribution < 1.29 is 28.2 Å². The van der Waals surface area contributed by atoms with Crippen LogP contribution in [0, 0.1) is 3.57 Å². The molecule has 1 rings (SSSR count). The van der Waals surface area contributed by atoms with Crippen molar-refractivity contribution in [2.75, 3.05) is 20.4 Å². The number of halogens is 2. The van der Waals surface area contributed by atoms with E-state index >= 15 is 0 Å². The van der Waals surface area contributed by atoms with Crippen LogP contribution in [0.25, 0.3) is 0 Å². The average Bonchev–Trinajstić information content (AvgIpc) is 2.51. The molecule has 0 aliphatic heterocycles. The van der Waals surface area contributed by atoms with E-state index in [0.717, 1.165) is 9.13 Å². The van der Waals surface area contributed by atoms with Gasteiger partial charge in [0, 0.05) is 6.42 Å². The third kappa shape index (κ3) is 6.97. The Balaban J connectivity index is 2.98. The van der Waals surface area contributed by atoms with E-state index in [4.69, 9.17) is 14.2 Å². The number of alkyl carbamates (subject to hydrolysis) is 1. The molecule has 1 aromatic rings. The van der Waals surface area contributed by atoms with Crippen molar-refractivity contribution in [3.63, 3.8) is 0 Å². The van der Waals surface area contributed by atoms with Crippen LogP contribution in [-0.2, 0) is 20.7 Å². The lowest BCUT2D eigenvalue weighted by atomic mass is 9.93. The minimum absolute atomic E-state index is 0.0184. The van der Waals surface area contributed by atoms with Crippen molar-refractivity contribution in [2.45, 2.75) is 45.3 Å². The molecule has 26 heavy (non-hydrogen) atoms. The van der Waals surface area contributed by atoms with E-state index in [1.54, 1.807) is 39.8 Å². The fourth-order valence-electron chi connectivity index (χ4n) is 2.25. The van der Waals surface area contributed by atoms with Crippen LogP contribution in [0.3, 0.4) is 0 Å². The summed E-state index contributed by atoms with van der Waals surface area (Å²) < 4.78 is 28.4. The van der Waals surface area contributed by atoms with Gasteiger partial charge in [-0.1, -0.05) is 6.07 Å². The molecule has 1 atom stereocenters. The van der Waals surface area contributed by atoms with Gasteiger partial charge in [0.1, 0.15) is 30.2 Å². The van der Waals surface area contributed by atoms with Gasteiger partial charge >= 0.3 is 12.1 Å². The molecule has 0 saturated carbocycles. The third-order valence-corrected chi connectivity index (χ3v) is 4.14. The minimum Gasteiger partial charge on any atom is -0.490 e. The number of hydrogen-bond donors (Lipinski definition) is 1. The molecule has 0 aliphatic carbocycles. The molecule has 0 radical (unpaired) electrons. The first kappa shape index (κ1) is 22.5. The van der Waals surface area contributed by atoms with Gasteiger partial charge in [-0.2, -0.15) is 0 Å². The molecule has 0 spiro atoms. The van der Waals surface area contributed by atoms with Crippen molar-refractivity contribution in [1.82, 2.24) is 5.32 Å². The lowest BCUT2D eigenvalue weighted by molar-refractivity contribution is -0.147. The summed E-state index contributed by atoms with van der Waals surface area (Å²) in [5.74, 6) is -0.0250. The van der Waals surface area contributed by atoms with E-state index in [1.165, 1.54) is 7.11 Å². The molecule has 0 heterocycles. The summed E-state index contributed by atoms with van der Waals surface area (Å²) >= 11 is 2.07. The normalized spacial score (nSPS) is 13.5. The predicted octanol–water partition coefficient (Wildman–Crippen LogP) is 3.64. The Hall–Kier alpha value is -1.58. The molecule has 8 heteroatoms.